The number of nitro groups is 1. The van der Waals surface area contributed by atoms with Crippen LogP contribution in [0.3, 0.4) is 0 Å². The van der Waals surface area contributed by atoms with Gasteiger partial charge in [0.2, 0.25) is 8.41 Å². The highest BCUT2D eigenvalue weighted by atomic mass is 28.4. The SMILES string of the molecule is C[C@H]1[C@H]([Si](C)(C)F)[C@@H](CCn2cc(C(CO)c3ccccc3)nn2)O[C@]12C(=O)N(Cc1ccc(N3C(=O)COc4ccccc43)cc1)c1ccc([N+](=O)[O-])cc12. The lowest BCUT2D eigenvalue weighted by molar-refractivity contribution is -0.385. The first-order valence-electron chi connectivity index (χ1n) is 18.6. The minimum absolute atomic E-state index is 0.0942. The molecule has 15 heteroatoms. The van der Waals surface area contributed by atoms with Gasteiger partial charge < -0.3 is 23.6 Å². The number of hydrogen-bond donors (Lipinski definition) is 1. The number of halogens is 1. The summed E-state index contributed by atoms with van der Waals surface area (Å²) in [6, 6.07) is 28.4. The van der Waals surface area contributed by atoms with Crippen LogP contribution in [-0.4, -0.2) is 64.6 Å². The molecule has 1 fully saturated rings. The van der Waals surface area contributed by atoms with E-state index in [9.17, 15) is 24.8 Å². The van der Waals surface area contributed by atoms with Crippen molar-refractivity contribution >= 4 is 43.0 Å². The number of aromatic nitrogens is 3. The largest absolute Gasteiger partial charge is 0.482 e. The van der Waals surface area contributed by atoms with Crippen molar-refractivity contribution in [1.82, 2.24) is 15.0 Å². The van der Waals surface area contributed by atoms with Crippen molar-refractivity contribution in [2.75, 3.05) is 23.0 Å². The van der Waals surface area contributed by atoms with Crippen molar-refractivity contribution in [2.24, 2.45) is 5.92 Å². The minimum Gasteiger partial charge on any atom is -0.482 e. The van der Waals surface area contributed by atoms with Crippen molar-refractivity contribution in [1.29, 1.82) is 0 Å². The van der Waals surface area contributed by atoms with Gasteiger partial charge in [0, 0.05) is 47.6 Å². The molecule has 13 nitrogen and oxygen atoms in total. The summed E-state index contributed by atoms with van der Waals surface area (Å²) < 4.78 is 30.6. The number of fused-ring (bicyclic) bond motifs is 3. The number of benzene rings is 4. The molecule has 5 atom stereocenters. The minimum atomic E-state index is -3.53. The Morgan fingerprint density at radius 2 is 1.75 bits per heavy atom. The summed E-state index contributed by atoms with van der Waals surface area (Å²) in [7, 11) is -3.53. The van der Waals surface area contributed by atoms with E-state index in [0.717, 1.165) is 11.1 Å². The van der Waals surface area contributed by atoms with Crippen LogP contribution in [0.1, 0.15) is 41.6 Å². The van der Waals surface area contributed by atoms with Gasteiger partial charge in [0.1, 0.15) is 5.75 Å². The first-order chi connectivity index (χ1) is 26.9. The number of carbonyl (C=O) groups is 2. The van der Waals surface area contributed by atoms with Gasteiger partial charge in [0.05, 0.1) is 47.2 Å². The predicted octanol–water partition coefficient (Wildman–Crippen LogP) is 6.78. The Morgan fingerprint density at radius 1 is 1.02 bits per heavy atom. The van der Waals surface area contributed by atoms with Crippen LogP contribution in [0.4, 0.5) is 26.9 Å². The monoisotopic (exact) mass is 776 g/mol. The lowest BCUT2D eigenvalue weighted by Gasteiger charge is -2.31. The van der Waals surface area contributed by atoms with E-state index in [2.05, 4.69) is 10.3 Å². The quantitative estimate of drug-likeness (QED) is 0.0662. The number of nitro benzene ring substituents is 1. The smallest absolute Gasteiger partial charge is 0.269 e. The van der Waals surface area contributed by atoms with Crippen molar-refractivity contribution in [3.63, 3.8) is 0 Å². The number of aryl methyl sites for hydroxylation is 1. The summed E-state index contributed by atoms with van der Waals surface area (Å²) >= 11 is 0. The highest BCUT2D eigenvalue weighted by molar-refractivity contribution is 6.72. The molecule has 0 saturated carbocycles. The number of amides is 2. The number of para-hydroxylation sites is 2. The highest BCUT2D eigenvalue weighted by Gasteiger charge is 2.67. The van der Waals surface area contributed by atoms with E-state index in [1.165, 1.54) is 12.1 Å². The number of aliphatic hydroxyl groups is 1. The number of carbonyl (C=O) groups excluding carboxylic acids is 2. The summed E-state index contributed by atoms with van der Waals surface area (Å²) in [5.74, 6) is -1.06. The Hall–Kier alpha value is -5.77. The normalized spacial score (nSPS) is 22.3. The maximum atomic E-state index is 16.5. The van der Waals surface area contributed by atoms with E-state index in [1.54, 1.807) is 58.0 Å². The van der Waals surface area contributed by atoms with E-state index in [-0.39, 0.29) is 37.3 Å². The topological polar surface area (TPSA) is 153 Å². The van der Waals surface area contributed by atoms with Gasteiger partial charge in [0.25, 0.3) is 17.5 Å². The fraction of sp³-hybridized carbons (Fsp3) is 0.317. The molecular formula is C41H41FN6O7Si. The van der Waals surface area contributed by atoms with E-state index < -0.39 is 42.4 Å². The summed E-state index contributed by atoms with van der Waals surface area (Å²) in [4.78, 5) is 42.6. The number of nitrogens with zero attached hydrogens (tertiary/aromatic N) is 6. The standard InChI is InChI=1S/C41H41FN6O7Si/c1-26-39(56(2,3)42)37(19-20-45-23-33(43-44-45)31(24-49)28-9-5-4-6-10-28)55-41(26)32-21-30(48(52)53)17-18-34(32)46(40(41)51)22-27-13-15-29(16-14-27)47-35-11-7-8-12-36(35)54-25-38(47)50/h4-18,21,23,26,31,37,39,49H,19-20,22,24-25H2,1-3H3/t26-,31?,37+,39-,41+/m0/s1. The third-order valence-corrected chi connectivity index (χ3v) is 13.8. The first-order valence-corrected chi connectivity index (χ1v) is 21.5. The third-order valence-electron chi connectivity index (χ3n) is 11.3. The number of ether oxygens (including phenoxy) is 2. The molecule has 4 aromatic carbocycles. The summed E-state index contributed by atoms with van der Waals surface area (Å²) in [5.41, 5.74) is 1.80. The second-order valence-electron chi connectivity index (χ2n) is 15.1. The molecule has 5 aromatic rings. The van der Waals surface area contributed by atoms with Gasteiger partial charge in [0.15, 0.2) is 12.2 Å². The molecule has 1 unspecified atom stereocenters. The molecule has 1 N–H and O–H groups in total. The molecule has 0 bridgehead atoms. The van der Waals surface area contributed by atoms with Crippen molar-refractivity contribution < 1.29 is 33.2 Å². The highest BCUT2D eigenvalue weighted by Crippen LogP contribution is 2.60. The van der Waals surface area contributed by atoms with E-state index in [1.807, 2.05) is 67.6 Å². The van der Waals surface area contributed by atoms with Gasteiger partial charge in [-0.2, -0.15) is 0 Å². The van der Waals surface area contributed by atoms with Crippen molar-refractivity contribution in [3.8, 4) is 5.75 Å². The molecule has 1 saturated heterocycles. The molecule has 0 aliphatic carbocycles. The zero-order chi connectivity index (χ0) is 39.4. The molecular weight excluding hydrogens is 736 g/mol. The Balaban J connectivity index is 1.09. The summed E-state index contributed by atoms with van der Waals surface area (Å²) in [5, 5.41) is 30.8. The van der Waals surface area contributed by atoms with Gasteiger partial charge in [-0.3, -0.25) is 29.3 Å². The van der Waals surface area contributed by atoms with Crippen molar-refractivity contribution in [3.05, 3.63) is 136 Å². The molecule has 3 aliphatic rings. The molecule has 288 valence electrons. The average molecular weight is 777 g/mol. The van der Waals surface area contributed by atoms with Gasteiger partial charge in [-0.1, -0.05) is 66.7 Å². The maximum Gasteiger partial charge on any atom is 0.269 e. The van der Waals surface area contributed by atoms with Crippen LogP contribution >= 0.6 is 0 Å². The number of rotatable bonds is 11. The molecule has 0 radical (unpaired) electrons. The Labute approximate surface area is 323 Å². The van der Waals surface area contributed by atoms with Gasteiger partial charge in [-0.15, -0.1) is 5.10 Å². The Bertz CT molecular complexity index is 2300. The molecule has 2 amide bonds. The lowest BCUT2D eigenvalue weighted by atomic mass is 9.82. The number of non-ortho nitro benzene ring substituents is 1. The van der Waals surface area contributed by atoms with Crippen LogP contribution in [0, 0.1) is 16.0 Å². The van der Waals surface area contributed by atoms with Crippen LogP contribution in [0.15, 0.2) is 103 Å². The van der Waals surface area contributed by atoms with Crippen molar-refractivity contribution in [2.45, 2.75) is 62.7 Å². The molecule has 1 spiro atoms. The zero-order valence-electron chi connectivity index (χ0n) is 31.1. The number of aliphatic hydroxyl groups excluding tert-OH is 1. The Morgan fingerprint density at radius 3 is 2.46 bits per heavy atom. The summed E-state index contributed by atoms with van der Waals surface area (Å²) in [6.07, 6.45) is 1.35. The van der Waals surface area contributed by atoms with Gasteiger partial charge >= 0.3 is 0 Å². The van der Waals surface area contributed by atoms with E-state index in [0.29, 0.717) is 47.0 Å². The average Bonchev–Trinajstić information content (AvgIpc) is 3.85. The first kappa shape index (κ1) is 37.2. The van der Waals surface area contributed by atoms with E-state index >= 15 is 4.11 Å². The van der Waals surface area contributed by atoms with Gasteiger partial charge in [-0.05, 0) is 61.0 Å². The van der Waals surface area contributed by atoms with Crippen LogP contribution < -0.4 is 14.5 Å². The fourth-order valence-electron chi connectivity index (χ4n) is 8.79. The van der Waals surface area contributed by atoms with Crippen LogP contribution in [0.2, 0.25) is 18.6 Å². The summed E-state index contributed by atoms with van der Waals surface area (Å²) in [6.45, 7) is 5.18. The maximum absolute atomic E-state index is 16.5. The van der Waals surface area contributed by atoms with Crippen LogP contribution in [0.25, 0.3) is 0 Å². The molecule has 4 heterocycles. The second-order valence-corrected chi connectivity index (χ2v) is 18.9. The van der Waals surface area contributed by atoms with E-state index in [4.69, 9.17) is 9.47 Å². The van der Waals surface area contributed by atoms with Crippen LogP contribution in [0.5, 0.6) is 5.75 Å². The number of anilines is 3. The van der Waals surface area contributed by atoms with Crippen LogP contribution in [-0.2, 0) is 33.0 Å². The molecule has 1 aromatic heterocycles. The number of hydrogen-bond acceptors (Lipinski definition) is 9. The Kier molecular flexibility index (Phi) is 9.54. The fourth-order valence-corrected chi connectivity index (χ4v) is 11.3. The lowest BCUT2D eigenvalue weighted by Crippen LogP contribution is -2.45. The second kappa shape index (κ2) is 14.4. The zero-order valence-corrected chi connectivity index (χ0v) is 32.1. The molecule has 8 rings (SSSR count). The molecule has 3 aliphatic heterocycles. The third kappa shape index (κ3) is 6.34. The van der Waals surface area contributed by atoms with Gasteiger partial charge in [-0.25, -0.2) is 0 Å². The molecule has 56 heavy (non-hydrogen) atoms. The predicted molar refractivity (Wildman–Crippen MR) is 208 cm³/mol.